The van der Waals surface area contributed by atoms with Crippen molar-refractivity contribution in [2.24, 2.45) is 5.41 Å². The molecule has 0 bridgehead atoms. The maximum atomic E-state index is 14.6. The molecule has 1 aliphatic heterocycles. The Morgan fingerprint density at radius 2 is 1.97 bits per heavy atom. The summed E-state index contributed by atoms with van der Waals surface area (Å²) in [5, 5.41) is 3.01. The predicted molar refractivity (Wildman–Crippen MR) is 124 cm³/mol. The van der Waals surface area contributed by atoms with Crippen molar-refractivity contribution in [2.75, 3.05) is 26.0 Å². The third-order valence-electron chi connectivity index (χ3n) is 6.75. The van der Waals surface area contributed by atoms with Crippen molar-refractivity contribution < 1.29 is 18.7 Å². The van der Waals surface area contributed by atoms with Crippen molar-refractivity contribution in [1.29, 1.82) is 0 Å². The van der Waals surface area contributed by atoms with Gasteiger partial charge in [-0.15, -0.1) is 0 Å². The molecule has 2 aromatic rings. The number of nitrogens with zero attached hydrogens (tertiary/aromatic N) is 3. The second kappa shape index (κ2) is 8.89. The quantitative estimate of drug-likeness (QED) is 0.691. The number of hydrogen-bond acceptors (Lipinski definition) is 6. The van der Waals surface area contributed by atoms with Gasteiger partial charge in [-0.1, -0.05) is 0 Å². The molecule has 0 atom stereocenters. The summed E-state index contributed by atoms with van der Waals surface area (Å²) >= 11 is 0. The summed E-state index contributed by atoms with van der Waals surface area (Å²) in [6.45, 7) is 7.02. The summed E-state index contributed by atoms with van der Waals surface area (Å²) in [5.41, 5.74) is 1.48. The molecular weight excluding hydrogens is 423 g/mol. The summed E-state index contributed by atoms with van der Waals surface area (Å²) in [6, 6.07) is 4.36. The molecule has 2 heterocycles. The average Bonchev–Trinajstić information content (AvgIpc) is 3.07. The molecular formula is C25H33FN4O3. The monoisotopic (exact) mass is 456 g/mol. The molecule has 1 aromatic heterocycles. The van der Waals surface area contributed by atoms with Crippen LogP contribution in [-0.4, -0.2) is 53.2 Å². The Labute approximate surface area is 194 Å². The van der Waals surface area contributed by atoms with Crippen LogP contribution in [0, 0.1) is 18.2 Å². The summed E-state index contributed by atoms with van der Waals surface area (Å²) in [4.78, 5) is 22.1. The van der Waals surface area contributed by atoms with Gasteiger partial charge in [0.15, 0.2) is 0 Å². The third kappa shape index (κ3) is 5.11. The molecule has 0 unspecified atom stereocenters. The van der Waals surface area contributed by atoms with Gasteiger partial charge >= 0.3 is 0 Å². The predicted octanol–water partition coefficient (Wildman–Crippen LogP) is 4.88. The molecule has 0 radical (unpaired) electrons. The number of carbonyl (C=O) groups is 1. The highest BCUT2D eigenvalue weighted by molar-refractivity contribution is 5.94. The largest absolute Gasteiger partial charge is 0.474 e. The van der Waals surface area contributed by atoms with E-state index in [0.717, 1.165) is 44.3 Å². The highest BCUT2D eigenvalue weighted by atomic mass is 19.1. The van der Waals surface area contributed by atoms with E-state index in [0.29, 0.717) is 11.7 Å². The lowest BCUT2D eigenvalue weighted by Gasteiger charge is -2.36. The minimum atomic E-state index is -0.525. The molecule has 33 heavy (non-hydrogen) atoms. The summed E-state index contributed by atoms with van der Waals surface area (Å²) in [6.07, 6.45) is 6.69. The molecule has 4 rings (SSSR count). The van der Waals surface area contributed by atoms with Gasteiger partial charge in [0.1, 0.15) is 24.1 Å². The van der Waals surface area contributed by atoms with Crippen LogP contribution in [0.1, 0.15) is 61.9 Å². The fourth-order valence-electron chi connectivity index (χ4n) is 4.97. The van der Waals surface area contributed by atoms with Crippen LogP contribution in [0.4, 0.5) is 15.9 Å². The van der Waals surface area contributed by atoms with E-state index in [-0.39, 0.29) is 34.3 Å². The highest BCUT2D eigenvalue weighted by Crippen LogP contribution is 2.49. The van der Waals surface area contributed by atoms with Crippen LogP contribution in [0.3, 0.4) is 0 Å². The average molecular weight is 457 g/mol. The van der Waals surface area contributed by atoms with E-state index in [1.165, 1.54) is 17.3 Å². The molecule has 1 aromatic carbocycles. The first kappa shape index (κ1) is 23.4. The van der Waals surface area contributed by atoms with Gasteiger partial charge in [-0.2, -0.15) is 0 Å². The Hall–Kier alpha value is -2.74. The number of nitrogens with one attached hydrogen (secondary N) is 1. The molecule has 7 nitrogen and oxygen atoms in total. The normalized spacial score (nSPS) is 24.0. The smallest absolute Gasteiger partial charge is 0.253 e. The maximum Gasteiger partial charge on any atom is 0.253 e. The Bertz CT molecular complexity index is 1030. The van der Waals surface area contributed by atoms with Gasteiger partial charge in [0, 0.05) is 19.7 Å². The van der Waals surface area contributed by atoms with Crippen molar-refractivity contribution in [2.45, 2.75) is 64.6 Å². The maximum absolute atomic E-state index is 14.6. The van der Waals surface area contributed by atoms with Crippen LogP contribution in [0.5, 0.6) is 5.88 Å². The van der Waals surface area contributed by atoms with E-state index >= 15 is 0 Å². The van der Waals surface area contributed by atoms with Gasteiger partial charge in [0.25, 0.3) is 5.91 Å². The number of hydrogen-bond donors (Lipinski definition) is 1. The molecule has 2 aliphatic rings. The summed E-state index contributed by atoms with van der Waals surface area (Å²) < 4.78 is 26.9. The lowest BCUT2D eigenvalue weighted by molar-refractivity contribution is 0.0228. The topological polar surface area (TPSA) is 76.6 Å². The number of rotatable bonds is 5. The van der Waals surface area contributed by atoms with Crippen LogP contribution < -0.4 is 10.1 Å². The molecule has 1 amide bonds. The Balaban J connectivity index is 1.42. The van der Waals surface area contributed by atoms with Crippen LogP contribution in [0.25, 0.3) is 0 Å². The zero-order valence-corrected chi connectivity index (χ0v) is 20.1. The molecule has 1 saturated heterocycles. The lowest BCUT2D eigenvalue weighted by Crippen LogP contribution is -2.33. The van der Waals surface area contributed by atoms with Crippen molar-refractivity contribution >= 4 is 17.4 Å². The number of halogens is 1. The number of amides is 1. The van der Waals surface area contributed by atoms with E-state index in [9.17, 15) is 9.18 Å². The molecule has 1 aliphatic carbocycles. The van der Waals surface area contributed by atoms with Gasteiger partial charge in [0.05, 0.1) is 23.5 Å². The SMILES string of the molecule is Cc1c(Nc2ccc(C(=O)N(C)C)cc2F)ncnc1OC1CCC2(CC1)COC(C)(C)C2. The van der Waals surface area contributed by atoms with Gasteiger partial charge in [-0.05, 0) is 76.5 Å². The van der Waals surface area contributed by atoms with Crippen LogP contribution in [0.15, 0.2) is 24.5 Å². The van der Waals surface area contributed by atoms with Crippen molar-refractivity contribution in [3.63, 3.8) is 0 Å². The van der Waals surface area contributed by atoms with E-state index in [4.69, 9.17) is 9.47 Å². The van der Waals surface area contributed by atoms with Gasteiger partial charge in [-0.25, -0.2) is 14.4 Å². The first-order valence-corrected chi connectivity index (χ1v) is 11.5. The van der Waals surface area contributed by atoms with Crippen molar-refractivity contribution in [3.05, 3.63) is 41.5 Å². The van der Waals surface area contributed by atoms with Crippen LogP contribution >= 0.6 is 0 Å². The number of aromatic nitrogens is 2. The number of benzene rings is 1. The summed E-state index contributed by atoms with van der Waals surface area (Å²) in [5.74, 6) is 0.207. The Morgan fingerprint density at radius 3 is 2.58 bits per heavy atom. The van der Waals surface area contributed by atoms with Crippen molar-refractivity contribution in [3.8, 4) is 5.88 Å². The molecule has 1 spiro atoms. The van der Waals surface area contributed by atoms with E-state index in [2.05, 4.69) is 29.1 Å². The number of carbonyl (C=O) groups excluding carboxylic acids is 1. The van der Waals surface area contributed by atoms with Crippen LogP contribution in [-0.2, 0) is 4.74 Å². The van der Waals surface area contributed by atoms with E-state index in [1.807, 2.05) is 6.92 Å². The molecule has 1 N–H and O–H groups in total. The van der Waals surface area contributed by atoms with Crippen LogP contribution in [0.2, 0.25) is 0 Å². The second-order valence-electron chi connectivity index (χ2n) is 10.2. The number of ether oxygens (including phenoxy) is 2. The first-order valence-electron chi connectivity index (χ1n) is 11.5. The standard InChI is InChI=1S/C25H33FN4O3/c1-16-21(29-20-7-6-17(12-19(20)26)23(31)30(4)5)27-15-28-22(16)33-18-8-10-25(11-9-18)13-24(2,3)32-14-25/h6-7,12,15,18H,8-11,13-14H2,1-5H3,(H,27,28,29). The molecule has 8 heteroatoms. The fraction of sp³-hybridized carbons (Fsp3) is 0.560. The van der Waals surface area contributed by atoms with Gasteiger partial charge in [0.2, 0.25) is 5.88 Å². The fourth-order valence-corrected chi connectivity index (χ4v) is 4.97. The Kier molecular flexibility index (Phi) is 6.31. The molecule has 178 valence electrons. The lowest BCUT2D eigenvalue weighted by atomic mass is 9.70. The molecule has 2 fully saturated rings. The Morgan fingerprint density at radius 1 is 1.24 bits per heavy atom. The minimum Gasteiger partial charge on any atom is -0.474 e. The third-order valence-corrected chi connectivity index (χ3v) is 6.75. The molecule has 1 saturated carbocycles. The van der Waals surface area contributed by atoms with Crippen molar-refractivity contribution in [1.82, 2.24) is 14.9 Å². The summed E-state index contributed by atoms with van der Waals surface area (Å²) in [7, 11) is 3.26. The van der Waals surface area contributed by atoms with Gasteiger partial charge in [-0.3, -0.25) is 4.79 Å². The van der Waals surface area contributed by atoms with Gasteiger partial charge < -0.3 is 19.7 Å². The highest BCUT2D eigenvalue weighted by Gasteiger charge is 2.46. The first-order chi connectivity index (χ1) is 15.6. The second-order valence-corrected chi connectivity index (χ2v) is 10.2. The zero-order valence-electron chi connectivity index (χ0n) is 20.1. The van der Waals surface area contributed by atoms with E-state index < -0.39 is 5.82 Å². The van der Waals surface area contributed by atoms with E-state index in [1.54, 1.807) is 26.2 Å². The minimum absolute atomic E-state index is 0.0370. The zero-order chi connectivity index (χ0) is 23.8. The number of anilines is 2.